The van der Waals surface area contributed by atoms with Crippen molar-refractivity contribution in [3.8, 4) is 5.75 Å². The molecule has 1 atom stereocenters. The first-order valence-corrected chi connectivity index (χ1v) is 12.5. The molecule has 7 nitrogen and oxygen atoms in total. The Balaban J connectivity index is 1.96. The van der Waals surface area contributed by atoms with Crippen LogP contribution in [0.3, 0.4) is 0 Å². The summed E-state index contributed by atoms with van der Waals surface area (Å²) in [6, 6.07) is 10.1. The Labute approximate surface area is 193 Å². The normalized spacial score (nSPS) is 12.6. The van der Waals surface area contributed by atoms with Gasteiger partial charge in [0.05, 0.1) is 10.3 Å². The molecule has 1 heterocycles. The maximum Gasteiger partial charge on any atom is 0.336 e. The molecule has 0 spiro atoms. The Bertz CT molecular complexity index is 1310. The summed E-state index contributed by atoms with van der Waals surface area (Å²) in [6.07, 6.45) is 2.23. The zero-order valence-corrected chi connectivity index (χ0v) is 20.1. The molecule has 0 aliphatic rings. The molecule has 33 heavy (non-hydrogen) atoms. The van der Waals surface area contributed by atoms with Crippen LogP contribution in [0, 0.1) is 13.8 Å². The van der Waals surface area contributed by atoms with Crippen molar-refractivity contribution in [3.05, 3.63) is 69.6 Å². The number of hydrogen-bond donors (Lipinski definition) is 1. The minimum atomic E-state index is -3.92. The number of carbonyl (C=O) groups excluding carboxylic acids is 1. The number of esters is 1. The van der Waals surface area contributed by atoms with E-state index in [1.54, 1.807) is 31.2 Å². The Morgan fingerprint density at radius 1 is 1.03 bits per heavy atom. The smallest absolute Gasteiger partial charge is 0.336 e. The fourth-order valence-corrected chi connectivity index (χ4v) is 4.90. The second-order valence-electron chi connectivity index (χ2n) is 8.17. The average Bonchev–Trinajstić information content (AvgIpc) is 2.73. The van der Waals surface area contributed by atoms with Crippen molar-refractivity contribution < 1.29 is 22.4 Å². The molecule has 3 rings (SSSR count). The van der Waals surface area contributed by atoms with Crippen molar-refractivity contribution in [1.82, 2.24) is 4.72 Å². The highest BCUT2D eigenvalue weighted by Crippen LogP contribution is 2.31. The highest BCUT2D eigenvalue weighted by atomic mass is 32.2. The van der Waals surface area contributed by atoms with Crippen molar-refractivity contribution in [2.75, 3.05) is 0 Å². The summed E-state index contributed by atoms with van der Waals surface area (Å²) in [6.45, 7) is 7.50. The lowest BCUT2D eigenvalue weighted by molar-refractivity contribution is -0.136. The van der Waals surface area contributed by atoms with E-state index in [2.05, 4.69) is 4.72 Å². The summed E-state index contributed by atoms with van der Waals surface area (Å²) in [5.74, 6) is -0.467. The fraction of sp³-hybridized carbons (Fsp3) is 0.360. The maximum atomic E-state index is 13.1. The molecule has 2 aromatic carbocycles. The highest BCUT2D eigenvalue weighted by molar-refractivity contribution is 7.89. The van der Waals surface area contributed by atoms with Crippen molar-refractivity contribution >= 4 is 27.0 Å². The molecule has 0 amide bonds. The number of rotatable bonds is 9. The summed E-state index contributed by atoms with van der Waals surface area (Å²) in [5.41, 5.74) is 2.26. The summed E-state index contributed by atoms with van der Waals surface area (Å²) < 4.78 is 39.3. The zero-order valence-electron chi connectivity index (χ0n) is 19.3. The minimum absolute atomic E-state index is 0.0787. The Morgan fingerprint density at radius 3 is 2.36 bits per heavy atom. The molecule has 0 saturated carbocycles. The van der Waals surface area contributed by atoms with Gasteiger partial charge in [0.25, 0.3) is 0 Å². The first kappa shape index (κ1) is 24.7. The highest BCUT2D eigenvalue weighted by Gasteiger charge is 2.27. The van der Waals surface area contributed by atoms with Gasteiger partial charge in [-0.3, -0.25) is 0 Å². The fourth-order valence-electron chi connectivity index (χ4n) is 3.68. The molecule has 0 aliphatic carbocycles. The van der Waals surface area contributed by atoms with E-state index in [9.17, 15) is 18.0 Å². The third-order valence-corrected chi connectivity index (χ3v) is 6.74. The number of carbonyl (C=O) groups is 1. The van der Waals surface area contributed by atoms with E-state index < -0.39 is 27.7 Å². The number of nitrogens with one attached hydrogen (secondary N) is 1. The van der Waals surface area contributed by atoms with Gasteiger partial charge in [-0.15, -0.1) is 0 Å². The Hall–Kier alpha value is -2.97. The summed E-state index contributed by atoms with van der Waals surface area (Å²) in [7, 11) is -3.92. The van der Waals surface area contributed by atoms with Crippen LogP contribution in [0.25, 0.3) is 11.0 Å². The molecule has 1 aromatic heterocycles. The van der Waals surface area contributed by atoms with Crippen molar-refractivity contribution in [3.63, 3.8) is 0 Å². The molecule has 3 aromatic rings. The van der Waals surface area contributed by atoms with Crippen LogP contribution in [0.5, 0.6) is 5.75 Å². The molecule has 1 N–H and O–H groups in total. The standard InChI is InChI=1S/C25H29NO6S/c1-5-7-18-15-23(27)31-21-13-17(4)14-22(24(18)21)32-25(28)20(8-6-2)26-33(29,30)19-11-9-16(3)10-12-19/h9-15,20,26H,5-8H2,1-4H3. The Kier molecular flexibility index (Phi) is 7.71. The van der Waals surface area contributed by atoms with Gasteiger partial charge in [0.1, 0.15) is 17.4 Å². The lowest BCUT2D eigenvalue weighted by Crippen LogP contribution is -2.42. The number of aryl methyl sites for hydroxylation is 3. The molecular weight excluding hydrogens is 442 g/mol. The van der Waals surface area contributed by atoms with Crippen LogP contribution in [-0.4, -0.2) is 20.4 Å². The number of fused-ring (bicyclic) bond motifs is 1. The monoisotopic (exact) mass is 471 g/mol. The van der Waals surface area contributed by atoms with E-state index >= 15 is 0 Å². The van der Waals surface area contributed by atoms with E-state index in [1.807, 2.05) is 20.8 Å². The Morgan fingerprint density at radius 2 is 1.73 bits per heavy atom. The second kappa shape index (κ2) is 10.3. The van der Waals surface area contributed by atoms with Crippen LogP contribution in [-0.2, 0) is 21.2 Å². The van der Waals surface area contributed by atoms with Gasteiger partial charge in [0, 0.05) is 6.07 Å². The number of ether oxygens (including phenoxy) is 1. The predicted octanol–water partition coefficient (Wildman–Crippen LogP) is 4.41. The number of hydrogen-bond acceptors (Lipinski definition) is 6. The van der Waals surface area contributed by atoms with Gasteiger partial charge in [-0.1, -0.05) is 44.4 Å². The molecule has 0 fully saturated rings. The SMILES string of the molecule is CCCc1cc(=O)oc2cc(C)cc(OC(=O)C(CCC)NS(=O)(=O)c3ccc(C)cc3)c12. The largest absolute Gasteiger partial charge is 0.425 e. The molecule has 176 valence electrons. The van der Waals surface area contributed by atoms with Gasteiger partial charge in [-0.05, 0) is 62.1 Å². The topological polar surface area (TPSA) is 103 Å². The molecule has 0 radical (unpaired) electrons. The first-order valence-electron chi connectivity index (χ1n) is 11.0. The van der Waals surface area contributed by atoms with Crippen LogP contribution in [0.4, 0.5) is 0 Å². The molecule has 1 unspecified atom stereocenters. The van der Waals surface area contributed by atoms with E-state index in [0.29, 0.717) is 23.8 Å². The molecule has 0 saturated heterocycles. The predicted molar refractivity (Wildman–Crippen MR) is 127 cm³/mol. The van der Waals surface area contributed by atoms with E-state index in [0.717, 1.165) is 23.1 Å². The van der Waals surface area contributed by atoms with E-state index in [1.165, 1.54) is 18.2 Å². The lowest BCUT2D eigenvalue weighted by Gasteiger charge is -2.18. The average molecular weight is 472 g/mol. The van der Waals surface area contributed by atoms with Gasteiger partial charge in [-0.25, -0.2) is 18.0 Å². The van der Waals surface area contributed by atoms with Gasteiger partial charge in [0.2, 0.25) is 10.0 Å². The van der Waals surface area contributed by atoms with Gasteiger partial charge in [0.15, 0.2) is 0 Å². The number of benzene rings is 2. The van der Waals surface area contributed by atoms with Crippen LogP contribution in [0.1, 0.15) is 49.8 Å². The maximum absolute atomic E-state index is 13.1. The molecule has 0 aliphatic heterocycles. The van der Waals surface area contributed by atoms with Gasteiger partial charge in [-0.2, -0.15) is 4.72 Å². The quantitative estimate of drug-likeness (QED) is 0.282. The van der Waals surface area contributed by atoms with E-state index in [-0.39, 0.29) is 17.1 Å². The minimum Gasteiger partial charge on any atom is -0.425 e. The van der Waals surface area contributed by atoms with Crippen LogP contribution < -0.4 is 15.1 Å². The van der Waals surface area contributed by atoms with Crippen LogP contribution in [0.15, 0.2) is 56.6 Å². The lowest BCUT2D eigenvalue weighted by atomic mass is 10.0. The van der Waals surface area contributed by atoms with E-state index in [4.69, 9.17) is 9.15 Å². The third-order valence-electron chi connectivity index (χ3n) is 5.25. The van der Waals surface area contributed by atoms with Gasteiger partial charge < -0.3 is 9.15 Å². The van der Waals surface area contributed by atoms with Crippen molar-refractivity contribution in [2.24, 2.45) is 0 Å². The number of sulfonamides is 1. The summed E-state index contributed by atoms with van der Waals surface area (Å²) in [5, 5.41) is 0.548. The molecule has 8 heteroatoms. The molecule has 0 bridgehead atoms. The van der Waals surface area contributed by atoms with Crippen molar-refractivity contribution in [2.45, 2.75) is 64.3 Å². The third kappa shape index (κ3) is 5.89. The van der Waals surface area contributed by atoms with Crippen LogP contribution >= 0.6 is 0 Å². The second-order valence-corrected chi connectivity index (χ2v) is 9.89. The summed E-state index contributed by atoms with van der Waals surface area (Å²) in [4.78, 5) is 25.2. The zero-order chi connectivity index (χ0) is 24.2. The summed E-state index contributed by atoms with van der Waals surface area (Å²) >= 11 is 0. The molecular formula is C25H29NO6S. The first-order chi connectivity index (χ1) is 15.6. The van der Waals surface area contributed by atoms with Crippen LogP contribution in [0.2, 0.25) is 0 Å². The van der Waals surface area contributed by atoms with Gasteiger partial charge >= 0.3 is 11.6 Å². The van der Waals surface area contributed by atoms with Crippen molar-refractivity contribution in [1.29, 1.82) is 0 Å².